The van der Waals surface area contributed by atoms with Crippen LogP contribution in [-0.2, 0) is 9.53 Å². The molecule has 1 fully saturated rings. The first-order valence-electron chi connectivity index (χ1n) is 5.98. The summed E-state index contributed by atoms with van der Waals surface area (Å²) in [6, 6.07) is -0.524. The zero-order valence-corrected chi connectivity index (χ0v) is 10.7. The Hall–Kier alpha value is -1.10. The van der Waals surface area contributed by atoms with Crippen LogP contribution >= 0.6 is 0 Å². The number of ether oxygens (including phenoxy) is 1. The molecule has 5 heteroatoms. The Bertz CT molecular complexity index is 295. The summed E-state index contributed by atoms with van der Waals surface area (Å²) in [7, 11) is 0. The van der Waals surface area contributed by atoms with E-state index in [0.717, 1.165) is 0 Å². The number of aliphatic hydroxyl groups excluding tert-OH is 1. The van der Waals surface area contributed by atoms with Gasteiger partial charge < -0.3 is 9.84 Å². The minimum Gasteiger partial charge on any atom is -0.444 e. The molecular weight excluding hydrogens is 222 g/mol. The Balaban J connectivity index is 2.71. The summed E-state index contributed by atoms with van der Waals surface area (Å²) >= 11 is 0. The topological polar surface area (TPSA) is 66.8 Å². The van der Waals surface area contributed by atoms with Gasteiger partial charge in [0.1, 0.15) is 5.60 Å². The average molecular weight is 243 g/mol. The van der Waals surface area contributed by atoms with Crippen molar-refractivity contribution in [2.24, 2.45) is 0 Å². The maximum atomic E-state index is 11.9. The smallest absolute Gasteiger partial charge is 0.410 e. The van der Waals surface area contributed by atoms with Crippen molar-refractivity contribution >= 4 is 11.9 Å². The van der Waals surface area contributed by atoms with Crippen molar-refractivity contribution in [1.82, 2.24) is 4.90 Å². The maximum absolute atomic E-state index is 11.9. The molecule has 0 saturated carbocycles. The summed E-state index contributed by atoms with van der Waals surface area (Å²) in [6.07, 6.45) is 0.964. The fourth-order valence-electron chi connectivity index (χ4n) is 1.90. The van der Waals surface area contributed by atoms with Gasteiger partial charge in [-0.3, -0.25) is 9.69 Å². The van der Waals surface area contributed by atoms with Crippen molar-refractivity contribution in [3.05, 3.63) is 0 Å². The lowest BCUT2D eigenvalue weighted by atomic mass is 9.99. The van der Waals surface area contributed by atoms with E-state index in [1.54, 1.807) is 20.8 Å². The summed E-state index contributed by atoms with van der Waals surface area (Å²) in [5.41, 5.74) is -0.568. The second-order valence-electron chi connectivity index (χ2n) is 5.27. The van der Waals surface area contributed by atoms with Gasteiger partial charge in [-0.05, 0) is 33.6 Å². The molecule has 1 unspecified atom stereocenters. The minimum absolute atomic E-state index is 0.0103. The first kappa shape index (κ1) is 14.0. The molecular formula is C12H21NO4. The van der Waals surface area contributed by atoms with Crippen molar-refractivity contribution in [3.63, 3.8) is 0 Å². The third-order valence-corrected chi connectivity index (χ3v) is 2.60. The Morgan fingerprint density at radius 3 is 2.71 bits per heavy atom. The monoisotopic (exact) mass is 243 g/mol. The molecule has 17 heavy (non-hydrogen) atoms. The van der Waals surface area contributed by atoms with E-state index in [9.17, 15) is 9.59 Å². The number of amides is 1. The zero-order chi connectivity index (χ0) is 13.1. The predicted molar refractivity (Wildman–Crippen MR) is 62.7 cm³/mol. The molecule has 0 aromatic rings. The zero-order valence-electron chi connectivity index (χ0n) is 10.7. The Labute approximate surface area is 102 Å². The highest BCUT2D eigenvalue weighted by Gasteiger charge is 2.34. The van der Waals surface area contributed by atoms with E-state index in [1.807, 2.05) is 0 Å². The average Bonchev–Trinajstić information content (AvgIpc) is 2.18. The van der Waals surface area contributed by atoms with Crippen molar-refractivity contribution in [1.29, 1.82) is 0 Å². The van der Waals surface area contributed by atoms with Crippen molar-refractivity contribution in [2.45, 2.75) is 51.7 Å². The molecule has 1 aliphatic heterocycles. The molecule has 1 amide bonds. The molecule has 0 spiro atoms. The molecule has 1 aliphatic rings. The van der Waals surface area contributed by atoms with Gasteiger partial charge in [-0.2, -0.15) is 0 Å². The number of nitrogens with zero attached hydrogens (tertiary/aromatic N) is 1. The molecule has 5 nitrogen and oxygen atoms in total. The Morgan fingerprint density at radius 2 is 2.18 bits per heavy atom. The summed E-state index contributed by atoms with van der Waals surface area (Å²) in [5.74, 6) is 0.0103. The predicted octanol–water partition coefficient (Wildman–Crippen LogP) is 1.34. The van der Waals surface area contributed by atoms with Gasteiger partial charge in [-0.25, -0.2) is 4.79 Å². The summed E-state index contributed by atoms with van der Waals surface area (Å²) in [4.78, 5) is 25.1. The van der Waals surface area contributed by atoms with E-state index < -0.39 is 17.7 Å². The summed E-state index contributed by atoms with van der Waals surface area (Å²) in [6.45, 7) is 5.79. The molecule has 1 heterocycles. The van der Waals surface area contributed by atoms with Crippen LogP contribution in [0.25, 0.3) is 0 Å². The normalized spacial score (nSPS) is 21.5. The van der Waals surface area contributed by atoms with Crippen molar-refractivity contribution in [3.8, 4) is 0 Å². The van der Waals surface area contributed by atoms with Gasteiger partial charge in [-0.1, -0.05) is 0 Å². The molecule has 0 aliphatic carbocycles. The molecule has 0 aromatic carbocycles. The number of aliphatic hydroxyl groups is 1. The fraction of sp³-hybridized carbons (Fsp3) is 0.833. The highest BCUT2D eigenvalue weighted by Crippen LogP contribution is 2.20. The van der Waals surface area contributed by atoms with Gasteiger partial charge in [-0.15, -0.1) is 0 Å². The van der Waals surface area contributed by atoms with Crippen molar-refractivity contribution < 1.29 is 19.4 Å². The van der Waals surface area contributed by atoms with Gasteiger partial charge in [0.05, 0.1) is 6.04 Å². The number of hydrogen-bond acceptors (Lipinski definition) is 4. The Kier molecular flexibility index (Phi) is 4.51. The second-order valence-corrected chi connectivity index (χ2v) is 5.27. The van der Waals surface area contributed by atoms with Crippen LogP contribution in [0.1, 0.15) is 40.0 Å². The van der Waals surface area contributed by atoms with Crippen LogP contribution in [-0.4, -0.2) is 46.7 Å². The van der Waals surface area contributed by atoms with Crippen LogP contribution in [0.2, 0.25) is 0 Å². The first-order valence-corrected chi connectivity index (χ1v) is 5.98. The molecule has 1 rings (SSSR count). The molecule has 1 N–H and O–H groups in total. The Morgan fingerprint density at radius 1 is 1.53 bits per heavy atom. The summed E-state index contributed by atoms with van der Waals surface area (Å²) < 4.78 is 5.26. The standard InChI is InChI=1S/C12H21NO4/c1-12(2,3)17-11(16)13-7-4-5-10(15)9(13)6-8-14/h9,14H,4-8H2,1-3H3. The third-order valence-electron chi connectivity index (χ3n) is 2.60. The van der Waals surface area contributed by atoms with Gasteiger partial charge in [0.15, 0.2) is 5.78 Å². The van der Waals surface area contributed by atoms with Crippen LogP contribution in [0.5, 0.6) is 0 Å². The van der Waals surface area contributed by atoms with E-state index in [0.29, 0.717) is 19.4 Å². The van der Waals surface area contributed by atoms with Gasteiger partial charge in [0, 0.05) is 19.6 Å². The van der Waals surface area contributed by atoms with Crippen LogP contribution in [0, 0.1) is 0 Å². The van der Waals surface area contributed by atoms with Gasteiger partial charge in [0.2, 0.25) is 0 Å². The van der Waals surface area contributed by atoms with Crippen LogP contribution in [0.3, 0.4) is 0 Å². The van der Waals surface area contributed by atoms with E-state index in [1.165, 1.54) is 4.90 Å². The lowest BCUT2D eigenvalue weighted by Gasteiger charge is -2.35. The first-order chi connectivity index (χ1) is 7.85. The molecule has 0 aromatic heterocycles. The van der Waals surface area contributed by atoms with Gasteiger partial charge >= 0.3 is 6.09 Å². The van der Waals surface area contributed by atoms with Crippen LogP contribution < -0.4 is 0 Å². The number of hydrogen-bond donors (Lipinski definition) is 1. The largest absolute Gasteiger partial charge is 0.444 e. The second kappa shape index (κ2) is 5.49. The molecule has 98 valence electrons. The van der Waals surface area contributed by atoms with Gasteiger partial charge in [0.25, 0.3) is 0 Å². The lowest BCUT2D eigenvalue weighted by molar-refractivity contribution is -0.127. The van der Waals surface area contributed by atoms with E-state index in [2.05, 4.69) is 0 Å². The van der Waals surface area contributed by atoms with E-state index in [4.69, 9.17) is 9.84 Å². The number of carbonyl (C=O) groups excluding carboxylic acids is 2. The number of rotatable bonds is 2. The summed E-state index contributed by atoms with van der Waals surface area (Å²) in [5, 5.41) is 8.94. The van der Waals surface area contributed by atoms with Crippen molar-refractivity contribution in [2.75, 3.05) is 13.2 Å². The SMILES string of the molecule is CC(C)(C)OC(=O)N1CCCC(=O)C1CCO. The quantitative estimate of drug-likeness (QED) is 0.794. The van der Waals surface area contributed by atoms with Crippen LogP contribution in [0.4, 0.5) is 4.79 Å². The maximum Gasteiger partial charge on any atom is 0.410 e. The highest BCUT2D eigenvalue weighted by atomic mass is 16.6. The number of likely N-dealkylation sites (tertiary alicyclic amines) is 1. The van der Waals surface area contributed by atoms with E-state index >= 15 is 0 Å². The van der Waals surface area contributed by atoms with Crippen LogP contribution in [0.15, 0.2) is 0 Å². The third kappa shape index (κ3) is 4.00. The number of piperidine rings is 1. The fourth-order valence-corrected chi connectivity index (χ4v) is 1.90. The molecule has 0 bridgehead atoms. The highest BCUT2D eigenvalue weighted by molar-refractivity contribution is 5.88. The number of Topliss-reactive ketones (excluding diaryl/α,β-unsaturated/α-hetero) is 1. The lowest BCUT2D eigenvalue weighted by Crippen LogP contribution is -2.50. The molecule has 0 radical (unpaired) electrons. The minimum atomic E-state index is -0.568. The molecule has 1 atom stereocenters. The molecule has 1 saturated heterocycles. The van der Waals surface area contributed by atoms with E-state index in [-0.39, 0.29) is 18.8 Å². The number of ketones is 1. The number of carbonyl (C=O) groups is 2.